The van der Waals surface area contributed by atoms with Crippen LogP contribution in [0.1, 0.15) is 46.5 Å². The monoisotopic (exact) mass is 350 g/mol. The molecule has 5 nitrogen and oxygen atoms in total. The van der Waals surface area contributed by atoms with Crippen LogP contribution in [0.5, 0.6) is 0 Å². The molecule has 4 N–H and O–H groups in total. The predicted molar refractivity (Wildman–Crippen MR) is 91.4 cm³/mol. The number of Topliss-reactive ketones (excluding diaryl/α,β-unsaturated/α-hetero) is 1. The Hall–Kier alpha value is -0.750. The summed E-state index contributed by atoms with van der Waals surface area (Å²) in [5.41, 5.74) is -1.82. The molecule has 140 valence electrons. The first kappa shape index (κ1) is 17.7. The lowest BCUT2D eigenvalue weighted by Crippen LogP contribution is -2.71. The van der Waals surface area contributed by atoms with Gasteiger partial charge in [0.2, 0.25) is 0 Å². The minimum Gasteiger partial charge on any atom is -0.393 e. The van der Waals surface area contributed by atoms with Gasteiger partial charge >= 0.3 is 0 Å². The number of hydrogen-bond acceptors (Lipinski definition) is 5. The van der Waals surface area contributed by atoms with Crippen LogP contribution in [0.25, 0.3) is 0 Å². The molecule has 0 amide bonds. The van der Waals surface area contributed by atoms with E-state index in [9.17, 15) is 25.2 Å². The lowest BCUT2D eigenvalue weighted by molar-refractivity contribution is -0.261. The van der Waals surface area contributed by atoms with Gasteiger partial charge in [0, 0.05) is 11.3 Å². The maximum absolute atomic E-state index is 13.2. The highest BCUT2D eigenvalue weighted by Gasteiger charge is 2.76. The molecule has 0 aromatic heterocycles. The molecule has 0 heterocycles. The smallest absolute Gasteiger partial charge is 0.170 e. The fourth-order valence-corrected chi connectivity index (χ4v) is 7.33. The molecule has 4 rings (SSSR count). The van der Waals surface area contributed by atoms with Gasteiger partial charge in [-0.05, 0) is 48.5 Å². The highest BCUT2D eigenvalue weighted by molar-refractivity contribution is 6.04. The topological polar surface area (TPSA) is 98.0 Å². The van der Waals surface area contributed by atoms with E-state index in [1.807, 2.05) is 6.92 Å². The van der Waals surface area contributed by atoms with Crippen LogP contribution in [0.3, 0.4) is 0 Å². The SMILES string of the molecule is C=C1C(=O)[C@@]23C(C[C@H](O)[C@@H]1[C@H]2O)[C@@]1(C)C(C[C@H]3O)C(C)(C)CC[C@@H]1O. The molecule has 0 radical (unpaired) electrons. The number of aliphatic hydroxyl groups excluding tert-OH is 4. The third-order valence-corrected chi connectivity index (χ3v) is 8.62. The molecule has 4 fully saturated rings. The Labute approximate surface area is 148 Å². The van der Waals surface area contributed by atoms with E-state index in [2.05, 4.69) is 20.4 Å². The highest BCUT2D eigenvalue weighted by atomic mass is 16.3. The molecule has 2 unspecified atom stereocenters. The number of aliphatic hydroxyl groups is 4. The summed E-state index contributed by atoms with van der Waals surface area (Å²) >= 11 is 0. The van der Waals surface area contributed by atoms with E-state index in [1.54, 1.807) is 0 Å². The molecule has 4 aliphatic carbocycles. The van der Waals surface area contributed by atoms with Crippen LogP contribution in [0.4, 0.5) is 0 Å². The zero-order valence-corrected chi connectivity index (χ0v) is 15.3. The molecule has 0 saturated heterocycles. The fraction of sp³-hybridized carbons (Fsp3) is 0.850. The van der Waals surface area contributed by atoms with Gasteiger partial charge in [-0.1, -0.05) is 27.4 Å². The normalized spacial score (nSPS) is 57.2. The Morgan fingerprint density at radius 3 is 2.28 bits per heavy atom. The Morgan fingerprint density at radius 2 is 1.64 bits per heavy atom. The van der Waals surface area contributed by atoms with Crippen LogP contribution >= 0.6 is 0 Å². The summed E-state index contributed by atoms with van der Waals surface area (Å²) in [6.07, 6.45) is -1.41. The number of rotatable bonds is 0. The zero-order chi connectivity index (χ0) is 18.5. The van der Waals surface area contributed by atoms with Crippen LogP contribution in [-0.4, -0.2) is 50.6 Å². The molecule has 0 aliphatic heterocycles. The van der Waals surface area contributed by atoms with Crippen molar-refractivity contribution < 1.29 is 25.2 Å². The summed E-state index contributed by atoms with van der Waals surface area (Å²) in [4.78, 5) is 13.2. The van der Waals surface area contributed by atoms with E-state index in [-0.39, 0.29) is 22.7 Å². The van der Waals surface area contributed by atoms with Crippen LogP contribution in [0.2, 0.25) is 0 Å². The summed E-state index contributed by atoms with van der Waals surface area (Å²) in [5, 5.41) is 43.8. The number of carbonyl (C=O) groups is 1. The molecule has 0 aromatic carbocycles. The van der Waals surface area contributed by atoms with Gasteiger partial charge in [-0.15, -0.1) is 0 Å². The maximum Gasteiger partial charge on any atom is 0.170 e. The second-order valence-corrected chi connectivity index (χ2v) is 9.83. The van der Waals surface area contributed by atoms with Crippen LogP contribution < -0.4 is 0 Å². The third-order valence-electron chi connectivity index (χ3n) is 8.62. The average molecular weight is 350 g/mol. The van der Waals surface area contributed by atoms with Crippen molar-refractivity contribution in [3.05, 3.63) is 12.2 Å². The molecule has 4 aliphatic rings. The van der Waals surface area contributed by atoms with Crippen molar-refractivity contribution in [1.29, 1.82) is 0 Å². The first-order valence-corrected chi connectivity index (χ1v) is 9.46. The van der Waals surface area contributed by atoms with E-state index < -0.39 is 47.1 Å². The van der Waals surface area contributed by atoms with Gasteiger partial charge in [0.05, 0.1) is 29.8 Å². The van der Waals surface area contributed by atoms with Gasteiger partial charge < -0.3 is 20.4 Å². The van der Waals surface area contributed by atoms with Crippen molar-refractivity contribution in [2.24, 2.45) is 34.0 Å². The van der Waals surface area contributed by atoms with Gasteiger partial charge in [-0.25, -0.2) is 0 Å². The largest absolute Gasteiger partial charge is 0.393 e. The zero-order valence-electron chi connectivity index (χ0n) is 15.3. The summed E-state index contributed by atoms with van der Waals surface area (Å²) in [7, 11) is 0. The van der Waals surface area contributed by atoms with Crippen molar-refractivity contribution in [3.8, 4) is 0 Å². The van der Waals surface area contributed by atoms with Crippen molar-refractivity contribution >= 4 is 5.78 Å². The molecule has 2 bridgehead atoms. The molecule has 9 atom stereocenters. The Morgan fingerprint density at radius 1 is 1.00 bits per heavy atom. The van der Waals surface area contributed by atoms with Gasteiger partial charge in [0.1, 0.15) is 0 Å². The second-order valence-electron chi connectivity index (χ2n) is 9.83. The molecular formula is C20H30O5. The molecule has 5 heteroatoms. The Bertz CT molecular complexity index is 642. The van der Waals surface area contributed by atoms with Gasteiger partial charge in [-0.3, -0.25) is 4.79 Å². The third kappa shape index (κ3) is 1.76. The van der Waals surface area contributed by atoms with Gasteiger partial charge in [0.25, 0.3) is 0 Å². The van der Waals surface area contributed by atoms with Crippen molar-refractivity contribution in [2.75, 3.05) is 0 Å². The summed E-state index contributed by atoms with van der Waals surface area (Å²) < 4.78 is 0. The number of ketones is 1. The minimum absolute atomic E-state index is 0.0204. The molecule has 4 saturated carbocycles. The van der Waals surface area contributed by atoms with Crippen LogP contribution in [-0.2, 0) is 4.79 Å². The second kappa shape index (κ2) is 4.94. The molecule has 0 aromatic rings. The number of carbonyl (C=O) groups excluding carboxylic acids is 1. The van der Waals surface area contributed by atoms with E-state index in [4.69, 9.17) is 0 Å². The first-order valence-electron chi connectivity index (χ1n) is 9.46. The molecule has 25 heavy (non-hydrogen) atoms. The first-order chi connectivity index (χ1) is 11.5. The number of fused-ring (bicyclic) bond motifs is 3. The lowest BCUT2D eigenvalue weighted by atomic mass is 9.39. The van der Waals surface area contributed by atoms with Crippen LogP contribution in [0.15, 0.2) is 12.2 Å². The number of hydrogen-bond donors (Lipinski definition) is 4. The summed E-state index contributed by atoms with van der Waals surface area (Å²) in [6, 6.07) is 0. The summed E-state index contributed by atoms with van der Waals surface area (Å²) in [5.74, 6) is -1.45. The van der Waals surface area contributed by atoms with E-state index in [0.717, 1.165) is 6.42 Å². The predicted octanol–water partition coefficient (Wildman–Crippen LogP) is 1.04. The van der Waals surface area contributed by atoms with Crippen molar-refractivity contribution in [1.82, 2.24) is 0 Å². The maximum atomic E-state index is 13.2. The Balaban J connectivity index is 1.93. The van der Waals surface area contributed by atoms with E-state index in [1.165, 1.54) is 0 Å². The quantitative estimate of drug-likeness (QED) is 0.489. The van der Waals surface area contributed by atoms with Crippen molar-refractivity contribution in [2.45, 2.75) is 70.9 Å². The lowest BCUT2D eigenvalue weighted by Gasteiger charge is -2.66. The standard InChI is InChI=1S/C20H30O5/c1-9-15-10(21)7-12-19(4)11(18(2,3)6-5-13(19)22)8-14(23)20(12,16(9)24)17(15)25/h10-15,17,21-23,25H,1,5-8H2,2-4H3/t10-,11?,12?,13-,14+,15+,17+,19+,20-/m0/s1. The van der Waals surface area contributed by atoms with Gasteiger partial charge in [0.15, 0.2) is 5.78 Å². The molecule has 1 spiro atoms. The summed E-state index contributed by atoms with van der Waals surface area (Å²) in [6.45, 7) is 10.1. The van der Waals surface area contributed by atoms with E-state index in [0.29, 0.717) is 19.3 Å². The average Bonchev–Trinajstić information content (AvgIpc) is 2.66. The highest BCUT2D eigenvalue weighted by Crippen LogP contribution is 2.70. The van der Waals surface area contributed by atoms with E-state index >= 15 is 0 Å². The van der Waals surface area contributed by atoms with Crippen LogP contribution in [0, 0.1) is 34.0 Å². The minimum atomic E-state index is -1.33. The Kier molecular flexibility index (Phi) is 3.49. The van der Waals surface area contributed by atoms with Crippen molar-refractivity contribution in [3.63, 3.8) is 0 Å². The fourth-order valence-electron chi connectivity index (χ4n) is 7.33. The molecular weight excluding hydrogens is 320 g/mol. The van der Waals surface area contributed by atoms with Gasteiger partial charge in [-0.2, -0.15) is 0 Å².